The number of aromatic nitrogens is 4. The zero-order valence-electron chi connectivity index (χ0n) is 13.5. The lowest BCUT2D eigenvalue weighted by Crippen LogP contribution is -2.31. The highest BCUT2D eigenvalue weighted by atomic mass is 16.2. The SMILES string of the molecule is C[C@@H](NC(=O)Nc1ccc(-c2ncn(C)n2)cc1)c1ccccn1. The molecule has 2 N–H and O–H groups in total. The Bertz CT molecular complexity index is 813. The van der Waals surface area contributed by atoms with Crippen LogP contribution in [0.5, 0.6) is 0 Å². The van der Waals surface area contributed by atoms with E-state index >= 15 is 0 Å². The highest BCUT2D eigenvalue weighted by Crippen LogP contribution is 2.17. The Hall–Kier alpha value is -3.22. The summed E-state index contributed by atoms with van der Waals surface area (Å²) in [6.07, 6.45) is 3.35. The molecule has 3 rings (SSSR count). The number of amides is 2. The van der Waals surface area contributed by atoms with E-state index < -0.39 is 0 Å². The molecule has 0 radical (unpaired) electrons. The molecule has 0 aliphatic heterocycles. The molecule has 2 heterocycles. The first-order valence-corrected chi connectivity index (χ1v) is 7.56. The number of nitrogens with zero attached hydrogens (tertiary/aromatic N) is 4. The van der Waals surface area contributed by atoms with E-state index in [9.17, 15) is 4.79 Å². The molecule has 0 saturated heterocycles. The Morgan fingerprint density at radius 1 is 1.12 bits per heavy atom. The Kier molecular flexibility index (Phi) is 4.51. The predicted molar refractivity (Wildman–Crippen MR) is 91.2 cm³/mol. The average molecular weight is 322 g/mol. The second kappa shape index (κ2) is 6.91. The summed E-state index contributed by atoms with van der Waals surface area (Å²) in [5, 5.41) is 9.90. The number of anilines is 1. The lowest BCUT2D eigenvalue weighted by molar-refractivity contribution is 0.249. The summed E-state index contributed by atoms with van der Waals surface area (Å²) >= 11 is 0. The maximum absolute atomic E-state index is 12.1. The van der Waals surface area contributed by atoms with Gasteiger partial charge in [-0.3, -0.25) is 9.67 Å². The first-order chi connectivity index (χ1) is 11.6. The van der Waals surface area contributed by atoms with Gasteiger partial charge in [-0.2, -0.15) is 5.10 Å². The molecular formula is C17H18N6O. The van der Waals surface area contributed by atoms with E-state index in [0.717, 1.165) is 11.3 Å². The van der Waals surface area contributed by atoms with Gasteiger partial charge in [-0.05, 0) is 43.3 Å². The fourth-order valence-corrected chi connectivity index (χ4v) is 2.24. The van der Waals surface area contributed by atoms with Crippen LogP contribution in [-0.2, 0) is 7.05 Å². The molecule has 3 aromatic rings. The number of pyridine rings is 1. The van der Waals surface area contributed by atoms with Crippen molar-refractivity contribution in [1.82, 2.24) is 25.1 Å². The molecule has 1 atom stereocenters. The Morgan fingerprint density at radius 3 is 2.54 bits per heavy atom. The van der Waals surface area contributed by atoms with Crippen molar-refractivity contribution in [2.75, 3.05) is 5.32 Å². The van der Waals surface area contributed by atoms with E-state index in [1.165, 1.54) is 0 Å². The Balaban J connectivity index is 1.60. The zero-order chi connectivity index (χ0) is 16.9. The number of rotatable bonds is 4. The number of benzene rings is 1. The van der Waals surface area contributed by atoms with Crippen molar-refractivity contribution in [3.63, 3.8) is 0 Å². The van der Waals surface area contributed by atoms with Gasteiger partial charge in [0.1, 0.15) is 6.33 Å². The zero-order valence-corrected chi connectivity index (χ0v) is 13.5. The van der Waals surface area contributed by atoms with Crippen molar-refractivity contribution in [3.8, 4) is 11.4 Å². The molecular weight excluding hydrogens is 304 g/mol. The molecule has 0 fully saturated rings. The largest absolute Gasteiger partial charge is 0.330 e. The Morgan fingerprint density at radius 2 is 1.92 bits per heavy atom. The van der Waals surface area contributed by atoms with E-state index in [1.54, 1.807) is 17.2 Å². The van der Waals surface area contributed by atoms with Crippen molar-refractivity contribution >= 4 is 11.7 Å². The molecule has 7 heteroatoms. The van der Waals surface area contributed by atoms with Gasteiger partial charge in [0.15, 0.2) is 5.82 Å². The highest BCUT2D eigenvalue weighted by molar-refractivity contribution is 5.89. The van der Waals surface area contributed by atoms with Gasteiger partial charge in [0.25, 0.3) is 0 Å². The van der Waals surface area contributed by atoms with E-state index in [4.69, 9.17) is 0 Å². The van der Waals surface area contributed by atoms with Crippen LogP contribution in [0.15, 0.2) is 55.0 Å². The molecule has 1 aromatic carbocycles. The van der Waals surface area contributed by atoms with E-state index in [1.807, 2.05) is 56.4 Å². The van der Waals surface area contributed by atoms with Crippen LogP contribution < -0.4 is 10.6 Å². The van der Waals surface area contributed by atoms with Crippen LogP contribution >= 0.6 is 0 Å². The summed E-state index contributed by atoms with van der Waals surface area (Å²) in [4.78, 5) is 20.5. The van der Waals surface area contributed by atoms with Crippen molar-refractivity contribution in [1.29, 1.82) is 0 Å². The fraction of sp³-hybridized carbons (Fsp3) is 0.176. The predicted octanol–water partition coefficient (Wildman–Crippen LogP) is 2.76. The van der Waals surface area contributed by atoms with Gasteiger partial charge in [0, 0.05) is 24.5 Å². The second-order valence-corrected chi connectivity index (χ2v) is 5.39. The quantitative estimate of drug-likeness (QED) is 0.773. The van der Waals surface area contributed by atoms with Gasteiger partial charge in [0.2, 0.25) is 0 Å². The molecule has 0 spiro atoms. The monoisotopic (exact) mass is 322 g/mol. The molecule has 7 nitrogen and oxygen atoms in total. The second-order valence-electron chi connectivity index (χ2n) is 5.39. The van der Waals surface area contributed by atoms with Gasteiger partial charge in [-0.15, -0.1) is 0 Å². The number of carbonyl (C=O) groups is 1. The van der Waals surface area contributed by atoms with Gasteiger partial charge < -0.3 is 10.6 Å². The summed E-state index contributed by atoms with van der Waals surface area (Å²) in [6, 6.07) is 12.5. The first kappa shape index (κ1) is 15.7. The minimum Gasteiger partial charge on any atom is -0.330 e. The van der Waals surface area contributed by atoms with Gasteiger partial charge in [0.05, 0.1) is 11.7 Å². The smallest absolute Gasteiger partial charge is 0.319 e. The van der Waals surface area contributed by atoms with Crippen LogP contribution in [0, 0.1) is 0 Å². The van der Waals surface area contributed by atoms with Gasteiger partial charge >= 0.3 is 6.03 Å². The van der Waals surface area contributed by atoms with Crippen molar-refractivity contribution in [2.24, 2.45) is 7.05 Å². The summed E-state index contributed by atoms with van der Waals surface area (Å²) in [5.41, 5.74) is 2.40. The lowest BCUT2D eigenvalue weighted by atomic mass is 10.2. The van der Waals surface area contributed by atoms with Crippen LogP contribution in [0.4, 0.5) is 10.5 Å². The molecule has 0 aliphatic carbocycles. The van der Waals surface area contributed by atoms with E-state index in [2.05, 4.69) is 25.7 Å². The van der Waals surface area contributed by atoms with E-state index in [-0.39, 0.29) is 12.1 Å². The first-order valence-electron chi connectivity index (χ1n) is 7.56. The molecule has 2 aromatic heterocycles. The number of carbonyl (C=O) groups excluding carboxylic acids is 1. The number of hydrogen-bond acceptors (Lipinski definition) is 4. The summed E-state index contributed by atoms with van der Waals surface area (Å²) in [6.45, 7) is 1.89. The molecule has 122 valence electrons. The summed E-state index contributed by atoms with van der Waals surface area (Å²) in [5.74, 6) is 0.650. The maximum atomic E-state index is 12.1. The topological polar surface area (TPSA) is 84.7 Å². The highest BCUT2D eigenvalue weighted by Gasteiger charge is 2.10. The minimum absolute atomic E-state index is 0.178. The summed E-state index contributed by atoms with van der Waals surface area (Å²) in [7, 11) is 1.82. The van der Waals surface area contributed by atoms with Crippen LogP contribution in [-0.4, -0.2) is 25.8 Å². The molecule has 0 aliphatic rings. The third-order valence-electron chi connectivity index (χ3n) is 3.48. The fourth-order valence-electron chi connectivity index (χ4n) is 2.24. The summed E-state index contributed by atoms with van der Waals surface area (Å²) < 4.78 is 1.65. The molecule has 0 bridgehead atoms. The van der Waals surface area contributed by atoms with Gasteiger partial charge in [-0.1, -0.05) is 6.07 Å². The molecule has 0 saturated carbocycles. The van der Waals surface area contributed by atoms with Crippen molar-refractivity contribution in [3.05, 3.63) is 60.7 Å². The number of aryl methyl sites for hydroxylation is 1. The van der Waals surface area contributed by atoms with E-state index in [0.29, 0.717) is 11.5 Å². The maximum Gasteiger partial charge on any atom is 0.319 e. The molecule has 0 unspecified atom stereocenters. The van der Waals surface area contributed by atoms with Crippen LogP contribution in [0.3, 0.4) is 0 Å². The van der Waals surface area contributed by atoms with Gasteiger partial charge in [-0.25, -0.2) is 9.78 Å². The standard InChI is InChI=1S/C17H18N6O/c1-12(15-5-3-4-10-18-15)20-17(24)21-14-8-6-13(7-9-14)16-19-11-23(2)22-16/h3-12H,1-2H3,(H2,20,21,24)/t12-/m1/s1. The van der Waals surface area contributed by atoms with Crippen molar-refractivity contribution in [2.45, 2.75) is 13.0 Å². The molecule has 2 amide bonds. The van der Waals surface area contributed by atoms with Crippen LogP contribution in [0.25, 0.3) is 11.4 Å². The molecule has 24 heavy (non-hydrogen) atoms. The third kappa shape index (κ3) is 3.75. The minimum atomic E-state index is -0.281. The van der Waals surface area contributed by atoms with Crippen LogP contribution in [0.2, 0.25) is 0 Å². The van der Waals surface area contributed by atoms with Crippen LogP contribution in [0.1, 0.15) is 18.7 Å². The average Bonchev–Trinajstić information content (AvgIpc) is 3.02. The normalized spacial score (nSPS) is 11.8. The number of urea groups is 1. The number of hydrogen-bond donors (Lipinski definition) is 2. The third-order valence-corrected chi connectivity index (χ3v) is 3.48. The van der Waals surface area contributed by atoms with Crippen molar-refractivity contribution < 1.29 is 4.79 Å². The lowest BCUT2D eigenvalue weighted by Gasteiger charge is -2.14. The Labute approximate surface area is 139 Å². The number of nitrogens with one attached hydrogen (secondary N) is 2.